The lowest BCUT2D eigenvalue weighted by molar-refractivity contribution is -0.384. The Hall–Kier alpha value is -2.74. The largest absolute Gasteiger partial charge is 0.391 e. The zero-order valence-corrected chi connectivity index (χ0v) is 13.4. The molecule has 0 heterocycles. The third-order valence-electron chi connectivity index (χ3n) is 2.71. The molecular weight excluding hydrogens is 366 g/mol. The molecule has 2 aromatic rings. The standard InChI is InChI=1S/C15H12BrN3O4/c16-12-6-4-11(5-7-12)10-23-17-9-15(20)18-13-2-1-3-14(8-13)19(21)22/h1-9H,10H2,(H,18,20)/b17-9-. The number of nitrogens with one attached hydrogen (secondary N) is 1. The van der Waals surface area contributed by atoms with Crippen molar-refractivity contribution >= 4 is 39.4 Å². The molecule has 8 heteroatoms. The van der Waals surface area contributed by atoms with Gasteiger partial charge < -0.3 is 10.2 Å². The van der Waals surface area contributed by atoms with Crippen molar-refractivity contribution in [3.63, 3.8) is 0 Å². The monoisotopic (exact) mass is 377 g/mol. The molecule has 0 atom stereocenters. The van der Waals surface area contributed by atoms with Crippen molar-refractivity contribution in [3.8, 4) is 0 Å². The number of nitro benzene ring substituents is 1. The zero-order chi connectivity index (χ0) is 16.7. The number of non-ortho nitro benzene ring substituents is 1. The van der Waals surface area contributed by atoms with Gasteiger partial charge in [-0.25, -0.2) is 0 Å². The lowest BCUT2D eigenvalue weighted by Crippen LogP contribution is -2.12. The van der Waals surface area contributed by atoms with Crippen LogP contribution in [0.2, 0.25) is 0 Å². The molecular formula is C15H12BrN3O4. The molecule has 0 saturated carbocycles. The number of amides is 1. The van der Waals surface area contributed by atoms with E-state index in [2.05, 4.69) is 26.4 Å². The van der Waals surface area contributed by atoms with Gasteiger partial charge in [-0.05, 0) is 23.8 Å². The lowest BCUT2D eigenvalue weighted by Gasteiger charge is -2.02. The molecule has 0 bridgehead atoms. The summed E-state index contributed by atoms with van der Waals surface area (Å²) >= 11 is 3.33. The SMILES string of the molecule is O=C(/C=N\OCc1ccc(Br)cc1)Nc1cccc([N+](=O)[O-])c1. The Morgan fingerprint density at radius 3 is 2.74 bits per heavy atom. The number of nitro groups is 1. The van der Waals surface area contributed by atoms with Crippen molar-refractivity contribution < 1.29 is 14.6 Å². The van der Waals surface area contributed by atoms with E-state index in [1.165, 1.54) is 18.2 Å². The van der Waals surface area contributed by atoms with Crippen LogP contribution in [0, 0.1) is 10.1 Å². The average Bonchev–Trinajstić information content (AvgIpc) is 2.53. The molecule has 7 nitrogen and oxygen atoms in total. The molecule has 0 aliphatic carbocycles. The number of hydrogen-bond acceptors (Lipinski definition) is 5. The molecule has 0 aliphatic rings. The predicted molar refractivity (Wildman–Crippen MR) is 89.1 cm³/mol. The third kappa shape index (κ3) is 5.51. The van der Waals surface area contributed by atoms with E-state index >= 15 is 0 Å². The molecule has 0 saturated heterocycles. The first kappa shape index (κ1) is 16.6. The van der Waals surface area contributed by atoms with E-state index in [1.807, 2.05) is 24.3 Å². The Bertz CT molecular complexity index is 732. The Morgan fingerprint density at radius 2 is 2.04 bits per heavy atom. The van der Waals surface area contributed by atoms with Crippen molar-refractivity contribution in [1.82, 2.24) is 0 Å². The van der Waals surface area contributed by atoms with Crippen LogP contribution in [0.4, 0.5) is 11.4 Å². The van der Waals surface area contributed by atoms with Gasteiger partial charge in [0.15, 0.2) is 0 Å². The fourth-order valence-corrected chi connectivity index (χ4v) is 1.91. The molecule has 1 N–H and O–H groups in total. The van der Waals surface area contributed by atoms with Crippen LogP contribution in [0.1, 0.15) is 5.56 Å². The second-order valence-corrected chi connectivity index (χ2v) is 5.35. The average molecular weight is 378 g/mol. The number of carbonyl (C=O) groups excluding carboxylic acids is 1. The minimum atomic E-state index is -0.540. The van der Waals surface area contributed by atoms with Gasteiger partial charge in [-0.2, -0.15) is 0 Å². The third-order valence-corrected chi connectivity index (χ3v) is 3.24. The molecule has 1 amide bonds. The van der Waals surface area contributed by atoms with Crippen molar-refractivity contribution in [3.05, 3.63) is 68.7 Å². The highest BCUT2D eigenvalue weighted by atomic mass is 79.9. The van der Waals surface area contributed by atoms with Crippen molar-refractivity contribution in [2.45, 2.75) is 6.61 Å². The Balaban J connectivity index is 1.83. The molecule has 2 aromatic carbocycles. The fraction of sp³-hybridized carbons (Fsp3) is 0.0667. The van der Waals surface area contributed by atoms with Gasteiger partial charge in [-0.15, -0.1) is 0 Å². The minimum absolute atomic E-state index is 0.105. The van der Waals surface area contributed by atoms with E-state index in [4.69, 9.17) is 4.84 Å². The molecule has 0 radical (unpaired) electrons. The summed E-state index contributed by atoms with van der Waals surface area (Å²) in [5.41, 5.74) is 1.11. The van der Waals surface area contributed by atoms with Gasteiger partial charge in [0, 0.05) is 22.3 Å². The van der Waals surface area contributed by atoms with E-state index < -0.39 is 10.8 Å². The molecule has 0 aliphatic heterocycles. The maximum atomic E-state index is 11.6. The number of halogens is 1. The molecule has 0 spiro atoms. The number of rotatable bonds is 6. The van der Waals surface area contributed by atoms with Gasteiger partial charge in [0.25, 0.3) is 11.6 Å². The quantitative estimate of drug-likeness (QED) is 0.473. The summed E-state index contributed by atoms with van der Waals surface area (Å²) in [6, 6.07) is 13.1. The van der Waals surface area contributed by atoms with Crippen LogP contribution in [0.15, 0.2) is 58.2 Å². The van der Waals surface area contributed by atoms with Crippen LogP contribution in [0.5, 0.6) is 0 Å². The van der Waals surface area contributed by atoms with Gasteiger partial charge in [0.2, 0.25) is 0 Å². The Labute approximate surface area is 140 Å². The van der Waals surface area contributed by atoms with Gasteiger partial charge in [-0.3, -0.25) is 14.9 Å². The highest BCUT2D eigenvalue weighted by Crippen LogP contribution is 2.16. The fourth-order valence-electron chi connectivity index (χ4n) is 1.65. The van der Waals surface area contributed by atoms with Gasteiger partial charge in [-0.1, -0.05) is 39.3 Å². The second kappa shape index (κ2) is 8.04. The second-order valence-electron chi connectivity index (χ2n) is 4.43. The summed E-state index contributed by atoms with van der Waals surface area (Å²) in [5, 5.41) is 16.7. The summed E-state index contributed by atoms with van der Waals surface area (Å²) in [6.07, 6.45) is 0.970. The van der Waals surface area contributed by atoms with Crippen LogP contribution in [0.3, 0.4) is 0 Å². The van der Waals surface area contributed by atoms with Gasteiger partial charge >= 0.3 is 0 Å². The Morgan fingerprint density at radius 1 is 1.30 bits per heavy atom. The number of benzene rings is 2. The highest BCUT2D eigenvalue weighted by Gasteiger charge is 2.07. The molecule has 118 valence electrons. The van der Waals surface area contributed by atoms with Crippen molar-refractivity contribution in [2.24, 2.45) is 5.16 Å². The summed E-state index contributed by atoms with van der Waals surface area (Å²) < 4.78 is 0.959. The minimum Gasteiger partial charge on any atom is -0.391 e. The van der Waals surface area contributed by atoms with Crippen LogP contribution in [-0.2, 0) is 16.2 Å². The van der Waals surface area contributed by atoms with Crippen LogP contribution in [0.25, 0.3) is 0 Å². The van der Waals surface area contributed by atoms with E-state index in [0.717, 1.165) is 16.3 Å². The summed E-state index contributed by atoms with van der Waals surface area (Å²) in [4.78, 5) is 26.8. The van der Waals surface area contributed by atoms with Gasteiger partial charge in [0.05, 0.1) is 4.92 Å². The molecule has 23 heavy (non-hydrogen) atoms. The number of nitrogens with zero attached hydrogens (tertiary/aromatic N) is 2. The zero-order valence-electron chi connectivity index (χ0n) is 11.8. The van der Waals surface area contributed by atoms with Gasteiger partial charge in [0.1, 0.15) is 12.8 Å². The molecule has 2 rings (SSSR count). The first-order valence-corrected chi connectivity index (χ1v) is 7.29. The first-order chi connectivity index (χ1) is 11.0. The number of hydrogen-bond donors (Lipinski definition) is 1. The summed E-state index contributed by atoms with van der Waals surface area (Å²) in [7, 11) is 0. The highest BCUT2D eigenvalue weighted by molar-refractivity contribution is 9.10. The lowest BCUT2D eigenvalue weighted by atomic mass is 10.2. The van der Waals surface area contributed by atoms with Crippen LogP contribution >= 0.6 is 15.9 Å². The van der Waals surface area contributed by atoms with Crippen LogP contribution in [-0.4, -0.2) is 17.0 Å². The Kier molecular flexibility index (Phi) is 5.81. The topological polar surface area (TPSA) is 93.8 Å². The smallest absolute Gasteiger partial charge is 0.271 e. The van der Waals surface area contributed by atoms with E-state index in [0.29, 0.717) is 5.69 Å². The van der Waals surface area contributed by atoms with Crippen molar-refractivity contribution in [2.75, 3.05) is 5.32 Å². The van der Waals surface area contributed by atoms with Crippen molar-refractivity contribution in [1.29, 1.82) is 0 Å². The van der Waals surface area contributed by atoms with E-state index in [-0.39, 0.29) is 12.3 Å². The normalized spacial score (nSPS) is 10.5. The number of carbonyl (C=O) groups is 1. The molecule has 0 unspecified atom stereocenters. The van der Waals surface area contributed by atoms with E-state index in [9.17, 15) is 14.9 Å². The van der Waals surface area contributed by atoms with Crippen LogP contribution < -0.4 is 5.32 Å². The van der Waals surface area contributed by atoms with E-state index in [1.54, 1.807) is 6.07 Å². The summed E-state index contributed by atoms with van der Waals surface area (Å²) in [6.45, 7) is 0.230. The molecule has 0 fully saturated rings. The summed E-state index contributed by atoms with van der Waals surface area (Å²) in [5.74, 6) is -0.540. The predicted octanol–water partition coefficient (Wildman–Crippen LogP) is 3.50. The number of anilines is 1. The first-order valence-electron chi connectivity index (χ1n) is 6.50. The number of oxime groups is 1. The maximum Gasteiger partial charge on any atom is 0.271 e. The molecule has 0 aromatic heterocycles. The maximum absolute atomic E-state index is 11.6.